The van der Waals surface area contributed by atoms with Crippen LogP contribution in [0.1, 0.15) is 35.4 Å². The molecule has 0 N–H and O–H groups in total. The molecule has 0 aliphatic carbocycles. The highest BCUT2D eigenvalue weighted by molar-refractivity contribution is 7.89. The summed E-state index contributed by atoms with van der Waals surface area (Å²) in [5.74, 6) is 0.219. The molecular weight excluding hydrogens is 376 g/mol. The number of amides is 1. The van der Waals surface area contributed by atoms with Crippen molar-refractivity contribution in [3.8, 4) is 0 Å². The first kappa shape index (κ1) is 19.0. The average Bonchev–Trinajstić information content (AvgIpc) is 3.27. The second kappa shape index (κ2) is 7.60. The minimum absolute atomic E-state index is 0.0784. The largest absolute Gasteiger partial charge is 0.330 e. The fourth-order valence-corrected chi connectivity index (χ4v) is 6.05. The van der Waals surface area contributed by atoms with Gasteiger partial charge in [0, 0.05) is 37.9 Å². The molecule has 7 nitrogen and oxygen atoms in total. The van der Waals surface area contributed by atoms with E-state index in [-0.39, 0.29) is 29.5 Å². The van der Waals surface area contributed by atoms with E-state index in [1.807, 2.05) is 42.2 Å². The molecule has 3 heterocycles. The van der Waals surface area contributed by atoms with Crippen molar-refractivity contribution in [1.29, 1.82) is 0 Å². The second-order valence-electron chi connectivity index (χ2n) is 7.46. The number of sulfonamides is 1. The minimum Gasteiger partial charge on any atom is -0.330 e. The summed E-state index contributed by atoms with van der Waals surface area (Å²) in [5.41, 5.74) is 1.35. The van der Waals surface area contributed by atoms with Gasteiger partial charge < -0.3 is 4.90 Å². The van der Waals surface area contributed by atoms with Gasteiger partial charge in [-0.25, -0.2) is 17.7 Å². The lowest BCUT2D eigenvalue weighted by Crippen LogP contribution is -2.38. The van der Waals surface area contributed by atoms with Gasteiger partial charge in [-0.15, -0.1) is 0 Å². The number of hydrogen-bond acceptors (Lipinski definition) is 5. The minimum atomic E-state index is -3.24. The highest BCUT2D eigenvalue weighted by Gasteiger charge is 2.51. The lowest BCUT2D eigenvalue weighted by Gasteiger charge is -2.29. The Bertz CT molecular complexity index is 936. The molecule has 1 amide bonds. The Morgan fingerprint density at radius 1 is 1.14 bits per heavy atom. The summed E-state index contributed by atoms with van der Waals surface area (Å²) in [6.45, 7) is 3.33. The molecule has 3 atom stereocenters. The van der Waals surface area contributed by atoms with Crippen LogP contribution in [0.15, 0.2) is 48.9 Å². The first-order valence-corrected chi connectivity index (χ1v) is 11.2. The van der Waals surface area contributed by atoms with E-state index in [9.17, 15) is 13.2 Å². The molecule has 2 aromatic rings. The molecule has 0 spiro atoms. The standard InChI is InChI=1S/C20H24N4O3S/c1-2-10-28(26,27)23-12-16-13-24(20(25)18-11-21-8-9-22-18)19(17(16)14-23)15-6-4-3-5-7-15/h3-9,11,16-17,19H,2,10,12-14H2,1H3/t16-,17-,19+/m0/s1. The van der Waals surface area contributed by atoms with Crippen LogP contribution >= 0.6 is 0 Å². The van der Waals surface area contributed by atoms with Crippen LogP contribution in [-0.2, 0) is 10.0 Å². The molecule has 0 saturated carbocycles. The molecular formula is C20H24N4O3S. The Morgan fingerprint density at radius 3 is 2.61 bits per heavy atom. The molecule has 2 saturated heterocycles. The smallest absolute Gasteiger partial charge is 0.274 e. The molecule has 2 fully saturated rings. The van der Waals surface area contributed by atoms with Crippen molar-refractivity contribution in [2.45, 2.75) is 19.4 Å². The van der Waals surface area contributed by atoms with Crippen molar-refractivity contribution in [3.05, 3.63) is 60.2 Å². The van der Waals surface area contributed by atoms with Crippen molar-refractivity contribution in [2.24, 2.45) is 11.8 Å². The fraction of sp³-hybridized carbons (Fsp3) is 0.450. The normalized spacial score (nSPS) is 25.0. The SMILES string of the molecule is CCCS(=O)(=O)N1C[C@H]2CN(C(=O)c3cnccn3)[C@H](c3ccccc3)[C@H]2C1. The van der Waals surface area contributed by atoms with Gasteiger partial charge in [0.2, 0.25) is 10.0 Å². The van der Waals surface area contributed by atoms with E-state index in [0.717, 1.165) is 5.56 Å². The van der Waals surface area contributed by atoms with Gasteiger partial charge in [-0.1, -0.05) is 37.3 Å². The summed E-state index contributed by atoms with van der Waals surface area (Å²) < 4.78 is 26.8. The van der Waals surface area contributed by atoms with Crippen LogP contribution in [0, 0.1) is 11.8 Å². The number of rotatable bonds is 5. The van der Waals surface area contributed by atoms with Gasteiger partial charge in [0.25, 0.3) is 5.91 Å². The Morgan fingerprint density at radius 2 is 1.93 bits per heavy atom. The van der Waals surface area contributed by atoms with Crippen molar-refractivity contribution < 1.29 is 13.2 Å². The number of hydrogen-bond donors (Lipinski definition) is 0. The first-order chi connectivity index (χ1) is 13.5. The van der Waals surface area contributed by atoms with Gasteiger partial charge in [-0.05, 0) is 17.9 Å². The van der Waals surface area contributed by atoms with E-state index >= 15 is 0 Å². The first-order valence-electron chi connectivity index (χ1n) is 9.61. The van der Waals surface area contributed by atoms with Crippen LogP contribution < -0.4 is 0 Å². The Labute approximate surface area is 165 Å². The van der Waals surface area contributed by atoms with Gasteiger partial charge in [0.1, 0.15) is 5.69 Å². The molecule has 0 bridgehead atoms. The molecule has 4 rings (SSSR count). The number of benzene rings is 1. The molecule has 1 aromatic heterocycles. The van der Waals surface area contributed by atoms with Gasteiger partial charge in [-0.3, -0.25) is 9.78 Å². The third-order valence-corrected chi connectivity index (χ3v) is 7.68. The van der Waals surface area contributed by atoms with Crippen LogP contribution in [0.3, 0.4) is 0 Å². The Hall–Kier alpha value is -2.32. The topological polar surface area (TPSA) is 83.5 Å². The van der Waals surface area contributed by atoms with Crippen LogP contribution in [-0.4, -0.2) is 58.9 Å². The predicted molar refractivity (Wildman–Crippen MR) is 105 cm³/mol. The van der Waals surface area contributed by atoms with Crippen LogP contribution in [0.5, 0.6) is 0 Å². The maximum Gasteiger partial charge on any atom is 0.274 e. The van der Waals surface area contributed by atoms with Crippen molar-refractivity contribution in [1.82, 2.24) is 19.2 Å². The number of likely N-dealkylation sites (tertiary alicyclic amines) is 1. The van der Waals surface area contributed by atoms with Gasteiger partial charge in [0.15, 0.2) is 0 Å². The van der Waals surface area contributed by atoms with Crippen molar-refractivity contribution >= 4 is 15.9 Å². The monoisotopic (exact) mass is 400 g/mol. The molecule has 1 aromatic carbocycles. The zero-order valence-corrected chi connectivity index (χ0v) is 16.6. The molecule has 2 aliphatic heterocycles. The van der Waals surface area contributed by atoms with E-state index in [2.05, 4.69) is 9.97 Å². The lowest BCUT2D eigenvalue weighted by atomic mass is 9.89. The van der Waals surface area contributed by atoms with Crippen LogP contribution in [0.2, 0.25) is 0 Å². The zero-order chi connectivity index (χ0) is 19.7. The second-order valence-corrected chi connectivity index (χ2v) is 9.55. The number of nitrogens with zero attached hydrogens (tertiary/aromatic N) is 4. The summed E-state index contributed by atoms with van der Waals surface area (Å²) in [4.78, 5) is 23.2. The maximum atomic E-state index is 13.1. The van der Waals surface area contributed by atoms with E-state index in [1.165, 1.54) is 12.4 Å². The van der Waals surface area contributed by atoms with E-state index in [4.69, 9.17) is 0 Å². The van der Waals surface area contributed by atoms with E-state index in [1.54, 1.807) is 10.5 Å². The van der Waals surface area contributed by atoms with E-state index < -0.39 is 10.0 Å². The predicted octanol–water partition coefficient (Wildman–Crippen LogP) is 1.96. The lowest BCUT2D eigenvalue weighted by molar-refractivity contribution is 0.0702. The summed E-state index contributed by atoms with van der Waals surface area (Å²) in [6.07, 6.45) is 5.14. The number of fused-ring (bicyclic) bond motifs is 1. The molecule has 0 unspecified atom stereocenters. The van der Waals surface area contributed by atoms with E-state index in [0.29, 0.717) is 31.7 Å². The molecule has 148 valence electrons. The Balaban J connectivity index is 1.65. The van der Waals surface area contributed by atoms with Gasteiger partial charge in [-0.2, -0.15) is 0 Å². The van der Waals surface area contributed by atoms with Crippen LogP contribution in [0.4, 0.5) is 0 Å². The molecule has 8 heteroatoms. The number of aromatic nitrogens is 2. The maximum absolute atomic E-state index is 13.1. The molecule has 28 heavy (non-hydrogen) atoms. The fourth-order valence-electron chi connectivity index (χ4n) is 4.46. The Kier molecular flexibility index (Phi) is 5.16. The summed E-state index contributed by atoms with van der Waals surface area (Å²) in [6, 6.07) is 9.70. The third kappa shape index (κ3) is 3.42. The van der Waals surface area contributed by atoms with Gasteiger partial charge >= 0.3 is 0 Å². The number of carbonyl (C=O) groups is 1. The highest BCUT2D eigenvalue weighted by atomic mass is 32.2. The van der Waals surface area contributed by atoms with Crippen molar-refractivity contribution in [3.63, 3.8) is 0 Å². The number of carbonyl (C=O) groups excluding carboxylic acids is 1. The van der Waals surface area contributed by atoms with Crippen molar-refractivity contribution in [2.75, 3.05) is 25.4 Å². The molecule has 0 radical (unpaired) electrons. The molecule has 2 aliphatic rings. The summed E-state index contributed by atoms with van der Waals surface area (Å²) in [7, 11) is -3.24. The average molecular weight is 401 g/mol. The summed E-state index contributed by atoms with van der Waals surface area (Å²) in [5, 5.41) is 0. The summed E-state index contributed by atoms with van der Waals surface area (Å²) >= 11 is 0. The zero-order valence-electron chi connectivity index (χ0n) is 15.8. The third-order valence-electron chi connectivity index (χ3n) is 5.67. The quantitative estimate of drug-likeness (QED) is 0.766. The van der Waals surface area contributed by atoms with Gasteiger partial charge in [0.05, 0.1) is 18.0 Å². The van der Waals surface area contributed by atoms with Crippen LogP contribution in [0.25, 0.3) is 0 Å². The highest BCUT2D eigenvalue weighted by Crippen LogP contribution is 2.46.